The van der Waals surface area contributed by atoms with Crippen LogP contribution in [-0.4, -0.2) is 63.2 Å². The van der Waals surface area contributed by atoms with Crippen molar-refractivity contribution in [2.24, 2.45) is 0 Å². The lowest BCUT2D eigenvalue weighted by Crippen LogP contribution is -2.48. The molecule has 1 aromatic rings. The van der Waals surface area contributed by atoms with Gasteiger partial charge >= 0.3 is 0 Å². The standard InChI is InChI=1S/C14H23ClN4/c1-17(2)6-7-18-8-10-19(11-9-18)13-5-3-4-12(15)14(13)16/h3-5H,6-11,16H2,1-2H3. The van der Waals surface area contributed by atoms with E-state index in [4.69, 9.17) is 17.3 Å². The number of halogens is 1. The molecule has 2 rings (SSSR count). The molecule has 0 spiro atoms. The van der Waals surface area contributed by atoms with Crippen molar-refractivity contribution in [3.05, 3.63) is 23.2 Å². The molecule has 0 aliphatic carbocycles. The molecule has 1 aliphatic rings. The van der Waals surface area contributed by atoms with E-state index >= 15 is 0 Å². The van der Waals surface area contributed by atoms with Crippen molar-refractivity contribution in [2.45, 2.75) is 0 Å². The molecular weight excluding hydrogens is 260 g/mol. The Morgan fingerprint density at radius 1 is 1.21 bits per heavy atom. The molecule has 0 aromatic heterocycles. The molecule has 0 atom stereocenters. The number of nitrogens with zero attached hydrogens (tertiary/aromatic N) is 3. The van der Waals surface area contributed by atoms with E-state index in [1.165, 1.54) is 0 Å². The molecule has 2 N–H and O–H groups in total. The number of likely N-dealkylation sites (N-methyl/N-ethyl adjacent to an activating group) is 1. The Kier molecular flexibility index (Phi) is 4.91. The highest BCUT2D eigenvalue weighted by atomic mass is 35.5. The second-order valence-electron chi connectivity index (χ2n) is 5.30. The van der Waals surface area contributed by atoms with Gasteiger partial charge in [-0.3, -0.25) is 4.90 Å². The number of piperazine rings is 1. The van der Waals surface area contributed by atoms with Gasteiger partial charge in [-0.1, -0.05) is 17.7 Å². The van der Waals surface area contributed by atoms with Gasteiger partial charge < -0.3 is 15.5 Å². The Bertz CT molecular complexity index is 414. The smallest absolute Gasteiger partial charge is 0.0741 e. The maximum Gasteiger partial charge on any atom is 0.0741 e. The van der Waals surface area contributed by atoms with Crippen LogP contribution < -0.4 is 10.6 Å². The summed E-state index contributed by atoms with van der Waals surface area (Å²) in [6.07, 6.45) is 0. The molecule has 5 heteroatoms. The summed E-state index contributed by atoms with van der Waals surface area (Å²) in [6.45, 7) is 6.43. The lowest BCUT2D eigenvalue weighted by Gasteiger charge is -2.37. The van der Waals surface area contributed by atoms with Gasteiger partial charge in [-0.2, -0.15) is 0 Å². The highest BCUT2D eigenvalue weighted by Crippen LogP contribution is 2.30. The number of rotatable bonds is 4. The average Bonchev–Trinajstić information content (AvgIpc) is 2.40. The molecule has 0 amide bonds. The predicted molar refractivity (Wildman–Crippen MR) is 83.1 cm³/mol. The molecule has 1 saturated heterocycles. The van der Waals surface area contributed by atoms with E-state index in [1.54, 1.807) is 0 Å². The van der Waals surface area contributed by atoms with Crippen LogP contribution in [0.25, 0.3) is 0 Å². The zero-order valence-electron chi connectivity index (χ0n) is 11.8. The van der Waals surface area contributed by atoms with Crippen molar-refractivity contribution in [1.29, 1.82) is 0 Å². The van der Waals surface area contributed by atoms with Gasteiger partial charge in [-0.05, 0) is 26.2 Å². The van der Waals surface area contributed by atoms with E-state index in [-0.39, 0.29) is 0 Å². The second-order valence-corrected chi connectivity index (χ2v) is 5.71. The summed E-state index contributed by atoms with van der Waals surface area (Å²) in [7, 11) is 4.23. The van der Waals surface area contributed by atoms with Crippen molar-refractivity contribution in [3.8, 4) is 0 Å². The zero-order chi connectivity index (χ0) is 13.8. The summed E-state index contributed by atoms with van der Waals surface area (Å²) in [6, 6.07) is 5.86. The first kappa shape index (κ1) is 14.4. The van der Waals surface area contributed by atoms with Crippen LogP contribution in [-0.2, 0) is 0 Å². The SMILES string of the molecule is CN(C)CCN1CCN(c2cccc(Cl)c2N)CC1. The molecule has 19 heavy (non-hydrogen) atoms. The normalized spacial score (nSPS) is 17.2. The molecule has 1 heterocycles. The molecule has 0 saturated carbocycles. The highest BCUT2D eigenvalue weighted by Gasteiger charge is 2.19. The summed E-state index contributed by atoms with van der Waals surface area (Å²) >= 11 is 6.08. The van der Waals surface area contributed by atoms with E-state index < -0.39 is 0 Å². The Morgan fingerprint density at radius 3 is 2.53 bits per heavy atom. The second kappa shape index (κ2) is 6.46. The third-order valence-electron chi connectivity index (χ3n) is 3.61. The van der Waals surface area contributed by atoms with Gasteiger partial charge in [0.05, 0.1) is 16.4 Å². The van der Waals surface area contributed by atoms with Crippen molar-refractivity contribution in [3.63, 3.8) is 0 Å². The van der Waals surface area contributed by atoms with Crippen molar-refractivity contribution < 1.29 is 0 Å². The van der Waals surface area contributed by atoms with Crippen molar-refractivity contribution in [2.75, 3.05) is 64.0 Å². The fraction of sp³-hybridized carbons (Fsp3) is 0.571. The van der Waals surface area contributed by atoms with Crippen molar-refractivity contribution in [1.82, 2.24) is 9.80 Å². The number of para-hydroxylation sites is 1. The minimum atomic E-state index is 0.646. The molecule has 0 radical (unpaired) electrons. The van der Waals surface area contributed by atoms with Crippen molar-refractivity contribution >= 4 is 23.0 Å². The molecule has 106 valence electrons. The molecule has 4 nitrogen and oxygen atoms in total. The Labute approximate surface area is 120 Å². The predicted octanol–water partition coefficient (Wildman–Crippen LogP) is 1.61. The zero-order valence-corrected chi connectivity index (χ0v) is 12.5. The number of hydrogen-bond acceptors (Lipinski definition) is 4. The molecule has 1 aromatic carbocycles. The number of nitrogens with two attached hydrogens (primary N) is 1. The molecule has 0 unspecified atom stereocenters. The van der Waals surface area contributed by atoms with E-state index in [9.17, 15) is 0 Å². The maximum atomic E-state index is 6.08. The average molecular weight is 283 g/mol. The van der Waals surface area contributed by atoms with Crippen LogP contribution in [0.2, 0.25) is 5.02 Å². The largest absolute Gasteiger partial charge is 0.396 e. The van der Waals surface area contributed by atoms with Crippen LogP contribution in [0.15, 0.2) is 18.2 Å². The highest BCUT2D eigenvalue weighted by molar-refractivity contribution is 6.33. The number of anilines is 2. The van der Waals surface area contributed by atoms with E-state index in [2.05, 4.69) is 34.9 Å². The first-order valence-electron chi connectivity index (χ1n) is 6.74. The third kappa shape index (κ3) is 3.75. The monoisotopic (exact) mass is 282 g/mol. The van der Waals surface area contributed by atoms with Gasteiger partial charge in [0.1, 0.15) is 0 Å². The molecule has 1 fully saturated rings. The number of hydrogen-bond donors (Lipinski definition) is 1. The van der Waals surface area contributed by atoms with Crippen LogP contribution in [0.4, 0.5) is 11.4 Å². The van der Waals surface area contributed by atoms with Crippen LogP contribution in [0.1, 0.15) is 0 Å². The van der Waals surface area contributed by atoms with Gasteiger partial charge in [0.2, 0.25) is 0 Å². The molecular formula is C14H23ClN4. The lowest BCUT2D eigenvalue weighted by molar-refractivity contribution is 0.229. The maximum absolute atomic E-state index is 6.08. The van der Waals surface area contributed by atoms with Gasteiger partial charge in [0.25, 0.3) is 0 Å². The van der Waals surface area contributed by atoms with E-state index in [1.807, 2.05) is 12.1 Å². The molecule has 1 aliphatic heterocycles. The first-order chi connectivity index (χ1) is 9.08. The molecule has 0 bridgehead atoms. The van der Waals surface area contributed by atoms with Gasteiger partial charge in [-0.15, -0.1) is 0 Å². The van der Waals surface area contributed by atoms with E-state index in [0.29, 0.717) is 10.7 Å². The van der Waals surface area contributed by atoms with Crippen LogP contribution in [0, 0.1) is 0 Å². The summed E-state index contributed by atoms with van der Waals surface area (Å²) in [5.74, 6) is 0. The van der Waals surface area contributed by atoms with Crippen LogP contribution in [0.3, 0.4) is 0 Å². The summed E-state index contributed by atoms with van der Waals surface area (Å²) < 4.78 is 0. The Balaban J connectivity index is 1.91. The minimum absolute atomic E-state index is 0.646. The Hall–Kier alpha value is -0.970. The Morgan fingerprint density at radius 2 is 1.89 bits per heavy atom. The third-order valence-corrected chi connectivity index (χ3v) is 3.94. The summed E-state index contributed by atoms with van der Waals surface area (Å²) in [5.41, 5.74) is 7.82. The van der Waals surface area contributed by atoms with Gasteiger partial charge in [0.15, 0.2) is 0 Å². The summed E-state index contributed by atoms with van der Waals surface area (Å²) in [4.78, 5) is 7.05. The van der Waals surface area contributed by atoms with Crippen LogP contribution in [0.5, 0.6) is 0 Å². The number of nitrogen functional groups attached to an aromatic ring is 1. The fourth-order valence-electron chi connectivity index (χ4n) is 2.36. The van der Waals surface area contributed by atoms with E-state index in [0.717, 1.165) is 45.0 Å². The van der Waals surface area contributed by atoms with Crippen LogP contribution >= 0.6 is 11.6 Å². The number of benzene rings is 1. The first-order valence-corrected chi connectivity index (χ1v) is 7.12. The quantitative estimate of drug-likeness (QED) is 0.851. The minimum Gasteiger partial charge on any atom is -0.396 e. The summed E-state index contributed by atoms with van der Waals surface area (Å²) in [5, 5.41) is 0.646. The topological polar surface area (TPSA) is 35.7 Å². The lowest BCUT2D eigenvalue weighted by atomic mass is 10.2. The van der Waals surface area contributed by atoms with Gasteiger partial charge in [0, 0.05) is 39.3 Å². The van der Waals surface area contributed by atoms with Gasteiger partial charge in [-0.25, -0.2) is 0 Å². The fourth-order valence-corrected chi connectivity index (χ4v) is 2.52.